The smallest absolute Gasteiger partial charge is 0.381 e. The van der Waals surface area contributed by atoms with Crippen molar-refractivity contribution in [2.75, 3.05) is 0 Å². The van der Waals surface area contributed by atoms with Crippen molar-refractivity contribution in [3.63, 3.8) is 0 Å². The lowest BCUT2D eigenvalue weighted by Gasteiger charge is -2.03. The molecule has 0 bridgehead atoms. The number of aliphatic hydroxyl groups is 1. The van der Waals surface area contributed by atoms with E-state index in [0.717, 1.165) is 12.8 Å². The molecule has 0 aliphatic carbocycles. The number of carboxylic acid groups (broad SMARTS) is 1. The molecule has 0 aliphatic heterocycles. The van der Waals surface area contributed by atoms with E-state index in [2.05, 4.69) is 12.8 Å². The van der Waals surface area contributed by atoms with Gasteiger partial charge in [-0.3, -0.25) is 0 Å². The fourth-order valence-electron chi connectivity index (χ4n) is 1.87. The Morgan fingerprint density at radius 3 is 2.00 bits per heavy atom. The molecule has 0 saturated carbocycles. The Balaban J connectivity index is 3.25. The number of hydrogen-bond acceptors (Lipinski definition) is 2. The maximum Gasteiger partial charge on any atom is 0.381 e. The van der Waals surface area contributed by atoms with E-state index in [1.807, 2.05) is 5.92 Å². The number of rotatable bonds is 10. The van der Waals surface area contributed by atoms with Gasteiger partial charge in [-0.2, -0.15) is 0 Å². The van der Waals surface area contributed by atoms with Crippen LogP contribution in [-0.4, -0.2) is 22.3 Å². The predicted octanol–water partition coefficient (Wildman–Crippen LogP) is 3.36. The van der Waals surface area contributed by atoms with Crippen LogP contribution in [0.2, 0.25) is 0 Å². The Labute approximate surface area is 111 Å². The summed E-state index contributed by atoms with van der Waals surface area (Å²) < 4.78 is 0. The van der Waals surface area contributed by atoms with Crippen LogP contribution in [0.25, 0.3) is 0 Å². The number of carbonyl (C=O) groups is 1. The molecule has 0 aromatic heterocycles. The summed E-state index contributed by atoms with van der Waals surface area (Å²) in [6.07, 6.45) is 10.9. The van der Waals surface area contributed by atoms with Crippen molar-refractivity contribution in [2.24, 2.45) is 0 Å². The van der Waals surface area contributed by atoms with Crippen molar-refractivity contribution in [1.29, 1.82) is 0 Å². The molecule has 0 rings (SSSR count). The van der Waals surface area contributed by atoms with Crippen molar-refractivity contribution in [2.45, 2.75) is 77.2 Å². The third-order valence-electron chi connectivity index (χ3n) is 2.93. The van der Waals surface area contributed by atoms with Gasteiger partial charge in [-0.05, 0) is 12.8 Å². The van der Waals surface area contributed by atoms with E-state index in [9.17, 15) is 9.90 Å². The summed E-state index contributed by atoms with van der Waals surface area (Å²) in [5.74, 6) is 3.08. The third-order valence-corrected chi connectivity index (χ3v) is 2.93. The summed E-state index contributed by atoms with van der Waals surface area (Å²) in [5.41, 5.74) is 0. The molecule has 0 heterocycles. The zero-order valence-electron chi connectivity index (χ0n) is 11.5. The van der Waals surface area contributed by atoms with Crippen LogP contribution in [0.3, 0.4) is 0 Å². The lowest BCUT2D eigenvalue weighted by atomic mass is 10.1. The molecule has 0 aromatic rings. The van der Waals surface area contributed by atoms with E-state index >= 15 is 0 Å². The summed E-state index contributed by atoms with van der Waals surface area (Å²) in [6, 6.07) is 0. The first-order chi connectivity index (χ1) is 8.66. The van der Waals surface area contributed by atoms with Gasteiger partial charge < -0.3 is 10.2 Å². The van der Waals surface area contributed by atoms with Gasteiger partial charge in [0.1, 0.15) is 6.10 Å². The lowest BCUT2D eigenvalue weighted by Crippen LogP contribution is -2.03. The van der Waals surface area contributed by atoms with E-state index < -0.39 is 12.1 Å². The summed E-state index contributed by atoms with van der Waals surface area (Å²) in [7, 11) is 0. The van der Waals surface area contributed by atoms with Crippen LogP contribution in [-0.2, 0) is 4.79 Å². The van der Waals surface area contributed by atoms with Gasteiger partial charge in [-0.25, -0.2) is 4.79 Å². The van der Waals surface area contributed by atoms with Crippen LogP contribution < -0.4 is 0 Å². The highest BCUT2D eigenvalue weighted by atomic mass is 16.4. The molecule has 0 unspecified atom stereocenters. The Bertz CT molecular complexity index is 263. The molecule has 3 heteroatoms. The fraction of sp³-hybridized carbons (Fsp3) is 0.800. The minimum absolute atomic E-state index is 0.579. The molecule has 0 aromatic carbocycles. The van der Waals surface area contributed by atoms with Gasteiger partial charge in [0.05, 0.1) is 0 Å². The molecule has 0 aliphatic rings. The quantitative estimate of drug-likeness (QED) is 0.464. The topological polar surface area (TPSA) is 57.5 Å². The summed E-state index contributed by atoms with van der Waals surface area (Å²) in [6.45, 7) is 2.22. The highest BCUT2D eigenvalue weighted by Gasteiger charge is 1.99. The average Bonchev–Trinajstić information content (AvgIpc) is 2.34. The maximum atomic E-state index is 10.1. The maximum absolute atomic E-state index is 10.1. The zero-order valence-corrected chi connectivity index (χ0v) is 11.5. The standard InChI is InChI=1S/C15H26O3/c1-2-3-4-5-6-7-8-9-10-11-14(16)12-13-15(17)18/h14,16H,2-11H2,1H3,(H,17,18)/t14-/m1/s1. The molecule has 2 N–H and O–H groups in total. The van der Waals surface area contributed by atoms with Crippen molar-refractivity contribution in [1.82, 2.24) is 0 Å². The minimum atomic E-state index is -1.18. The van der Waals surface area contributed by atoms with E-state index in [4.69, 9.17) is 5.11 Å². The van der Waals surface area contributed by atoms with Crippen molar-refractivity contribution >= 4 is 5.97 Å². The number of hydrogen-bond donors (Lipinski definition) is 2. The number of unbranched alkanes of at least 4 members (excludes halogenated alkanes) is 8. The lowest BCUT2D eigenvalue weighted by molar-refractivity contribution is -0.130. The zero-order chi connectivity index (χ0) is 13.6. The molecule has 0 saturated heterocycles. The van der Waals surface area contributed by atoms with Crippen molar-refractivity contribution < 1.29 is 15.0 Å². The molecule has 104 valence electrons. The van der Waals surface area contributed by atoms with Gasteiger partial charge in [0.2, 0.25) is 0 Å². The molecular formula is C15H26O3. The second kappa shape index (κ2) is 12.4. The highest BCUT2D eigenvalue weighted by molar-refractivity contribution is 5.86. The van der Waals surface area contributed by atoms with Crippen LogP contribution >= 0.6 is 0 Å². The van der Waals surface area contributed by atoms with Crippen LogP contribution in [0.1, 0.15) is 71.1 Å². The molecule has 1 atom stereocenters. The largest absolute Gasteiger partial charge is 0.472 e. The number of aliphatic carboxylic acids is 1. The third kappa shape index (κ3) is 13.1. The van der Waals surface area contributed by atoms with Crippen molar-refractivity contribution in [3.8, 4) is 11.8 Å². The fourth-order valence-corrected chi connectivity index (χ4v) is 1.87. The van der Waals surface area contributed by atoms with E-state index in [1.165, 1.54) is 44.9 Å². The van der Waals surface area contributed by atoms with Gasteiger partial charge in [0.15, 0.2) is 0 Å². The minimum Gasteiger partial charge on any atom is -0.472 e. The second-order valence-corrected chi connectivity index (χ2v) is 4.71. The predicted molar refractivity (Wildman–Crippen MR) is 73.3 cm³/mol. The van der Waals surface area contributed by atoms with Gasteiger partial charge in [0.25, 0.3) is 0 Å². The Kier molecular flexibility index (Phi) is 11.7. The van der Waals surface area contributed by atoms with E-state index in [0.29, 0.717) is 6.42 Å². The van der Waals surface area contributed by atoms with Gasteiger partial charge >= 0.3 is 5.97 Å². The summed E-state index contributed by atoms with van der Waals surface area (Å²) in [4.78, 5) is 10.1. The first-order valence-corrected chi connectivity index (χ1v) is 7.09. The monoisotopic (exact) mass is 254 g/mol. The normalized spacial score (nSPS) is 11.7. The Morgan fingerprint density at radius 2 is 1.50 bits per heavy atom. The summed E-state index contributed by atoms with van der Waals surface area (Å²) >= 11 is 0. The molecule has 0 spiro atoms. The van der Waals surface area contributed by atoms with Crippen molar-refractivity contribution in [3.05, 3.63) is 0 Å². The molecule has 3 nitrogen and oxygen atoms in total. The molecule has 18 heavy (non-hydrogen) atoms. The van der Waals surface area contributed by atoms with Crippen LogP contribution in [0, 0.1) is 11.8 Å². The molecular weight excluding hydrogens is 228 g/mol. The second-order valence-electron chi connectivity index (χ2n) is 4.71. The molecule has 0 radical (unpaired) electrons. The molecule has 0 amide bonds. The highest BCUT2D eigenvalue weighted by Crippen LogP contribution is 2.11. The summed E-state index contributed by atoms with van der Waals surface area (Å²) in [5, 5.41) is 17.7. The van der Waals surface area contributed by atoms with Crippen LogP contribution in [0.15, 0.2) is 0 Å². The van der Waals surface area contributed by atoms with Gasteiger partial charge in [-0.1, -0.05) is 64.2 Å². The SMILES string of the molecule is CCCCCCCCCCC[C@@H](O)C#CC(=O)O. The first kappa shape index (κ1) is 17.0. The Hall–Kier alpha value is -1.01. The first-order valence-electron chi connectivity index (χ1n) is 7.09. The van der Waals surface area contributed by atoms with E-state index in [1.54, 1.807) is 0 Å². The van der Waals surface area contributed by atoms with Crippen LogP contribution in [0.4, 0.5) is 0 Å². The molecule has 0 fully saturated rings. The number of aliphatic hydroxyl groups excluding tert-OH is 1. The van der Waals surface area contributed by atoms with Gasteiger partial charge in [0, 0.05) is 5.92 Å². The number of carboxylic acids is 1. The average molecular weight is 254 g/mol. The van der Waals surface area contributed by atoms with Gasteiger partial charge in [-0.15, -0.1) is 0 Å². The van der Waals surface area contributed by atoms with Crippen LogP contribution in [0.5, 0.6) is 0 Å². The Morgan fingerprint density at radius 1 is 1.00 bits per heavy atom. The van der Waals surface area contributed by atoms with E-state index in [-0.39, 0.29) is 0 Å².